The van der Waals surface area contributed by atoms with Crippen LogP contribution in [-0.2, 0) is 11.3 Å². The Kier molecular flexibility index (Phi) is 4.06. The molecule has 0 saturated carbocycles. The van der Waals surface area contributed by atoms with Crippen LogP contribution in [0.2, 0.25) is 0 Å². The highest BCUT2D eigenvalue weighted by molar-refractivity contribution is 7.14. The Morgan fingerprint density at radius 3 is 3.00 bits per heavy atom. The van der Waals surface area contributed by atoms with Gasteiger partial charge in [0.1, 0.15) is 6.54 Å². The Morgan fingerprint density at radius 1 is 1.39 bits per heavy atom. The first kappa shape index (κ1) is 14.8. The van der Waals surface area contributed by atoms with E-state index >= 15 is 0 Å². The molecule has 0 unspecified atom stereocenters. The number of aliphatic carboxylic acids is 1. The second-order valence-electron chi connectivity index (χ2n) is 4.43. The number of amides is 1. The maximum atomic E-state index is 12.0. The zero-order valence-electron chi connectivity index (χ0n) is 11.6. The average molecular weight is 330 g/mol. The minimum atomic E-state index is -1.07. The zero-order chi connectivity index (χ0) is 16.2. The van der Waals surface area contributed by atoms with E-state index in [0.29, 0.717) is 10.8 Å². The highest BCUT2D eigenvalue weighted by atomic mass is 32.1. The molecule has 0 bridgehead atoms. The monoisotopic (exact) mass is 330 g/mol. The third-order valence-electron chi connectivity index (χ3n) is 2.75. The number of nitrogens with one attached hydrogen (secondary N) is 1. The van der Waals surface area contributed by atoms with Crippen LogP contribution in [-0.4, -0.2) is 41.9 Å². The van der Waals surface area contributed by atoms with Gasteiger partial charge in [0.25, 0.3) is 5.91 Å². The molecule has 10 heteroatoms. The number of carboxylic acids is 1. The van der Waals surface area contributed by atoms with Gasteiger partial charge in [-0.3, -0.25) is 19.9 Å². The van der Waals surface area contributed by atoms with E-state index in [4.69, 9.17) is 5.11 Å². The van der Waals surface area contributed by atoms with Crippen LogP contribution < -0.4 is 5.32 Å². The lowest BCUT2D eigenvalue weighted by Gasteiger charge is -1.97. The molecule has 9 nitrogen and oxygen atoms in total. The van der Waals surface area contributed by atoms with Gasteiger partial charge in [0.15, 0.2) is 10.8 Å². The van der Waals surface area contributed by atoms with Gasteiger partial charge in [0, 0.05) is 23.3 Å². The van der Waals surface area contributed by atoms with Crippen LogP contribution in [0.15, 0.2) is 36.1 Å². The second-order valence-corrected chi connectivity index (χ2v) is 5.29. The standard InChI is InChI=1S/C13H10N6O3S/c20-11(21)6-19-5-9(17-18-19)12(22)16-13-15-10(7-23-13)8-2-1-3-14-4-8/h1-5,7H,6H2,(H,20,21)(H,15,16,22). The lowest BCUT2D eigenvalue weighted by molar-refractivity contribution is -0.137. The van der Waals surface area contributed by atoms with E-state index in [1.54, 1.807) is 23.8 Å². The van der Waals surface area contributed by atoms with E-state index in [-0.39, 0.29) is 12.2 Å². The third-order valence-corrected chi connectivity index (χ3v) is 3.51. The minimum Gasteiger partial charge on any atom is -0.480 e. The van der Waals surface area contributed by atoms with Crippen molar-refractivity contribution in [2.24, 2.45) is 0 Å². The molecule has 0 aliphatic heterocycles. The smallest absolute Gasteiger partial charge is 0.325 e. The molecule has 2 N–H and O–H groups in total. The maximum Gasteiger partial charge on any atom is 0.325 e. The van der Waals surface area contributed by atoms with E-state index in [1.165, 1.54) is 17.5 Å². The molecule has 3 aromatic rings. The summed E-state index contributed by atoms with van der Waals surface area (Å²) in [6, 6.07) is 3.67. The highest BCUT2D eigenvalue weighted by Gasteiger charge is 2.14. The number of hydrogen-bond donors (Lipinski definition) is 2. The number of rotatable bonds is 5. The van der Waals surface area contributed by atoms with Gasteiger partial charge in [-0.2, -0.15) is 0 Å². The largest absolute Gasteiger partial charge is 0.480 e. The van der Waals surface area contributed by atoms with Crippen LogP contribution in [0.3, 0.4) is 0 Å². The molecular formula is C13H10N6O3S. The molecule has 0 atom stereocenters. The first-order chi connectivity index (χ1) is 11.1. The van der Waals surface area contributed by atoms with Crippen molar-refractivity contribution in [1.29, 1.82) is 0 Å². The van der Waals surface area contributed by atoms with Gasteiger partial charge < -0.3 is 5.11 Å². The molecular weight excluding hydrogens is 320 g/mol. The Labute approximate surface area is 133 Å². The van der Waals surface area contributed by atoms with E-state index in [9.17, 15) is 9.59 Å². The van der Waals surface area contributed by atoms with Crippen molar-refractivity contribution in [3.8, 4) is 11.3 Å². The molecule has 23 heavy (non-hydrogen) atoms. The van der Waals surface area contributed by atoms with Crippen LogP contribution in [0.25, 0.3) is 11.3 Å². The molecule has 3 aromatic heterocycles. The Morgan fingerprint density at radius 2 is 2.26 bits per heavy atom. The fourth-order valence-corrected chi connectivity index (χ4v) is 2.47. The number of aromatic nitrogens is 5. The summed E-state index contributed by atoms with van der Waals surface area (Å²) in [7, 11) is 0. The van der Waals surface area contributed by atoms with E-state index < -0.39 is 11.9 Å². The number of pyridine rings is 1. The Balaban J connectivity index is 1.70. The summed E-state index contributed by atoms with van der Waals surface area (Å²) in [6.45, 7) is -0.358. The molecule has 0 aliphatic carbocycles. The SMILES string of the molecule is O=C(O)Cn1cc(C(=O)Nc2nc(-c3cccnc3)cs2)nn1. The number of carbonyl (C=O) groups excluding carboxylic acids is 1. The van der Waals surface area contributed by atoms with Crippen molar-refractivity contribution in [3.05, 3.63) is 41.8 Å². The second kappa shape index (κ2) is 6.32. The molecule has 0 fully saturated rings. The van der Waals surface area contributed by atoms with E-state index in [0.717, 1.165) is 10.2 Å². The van der Waals surface area contributed by atoms with Gasteiger partial charge in [-0.1, -0.05) is 5.21 Å². The quantitative estimate of drug-likeness (QED) is 0.719. The van der Waals surface area contributed by atoms with Gasteiger partial charge in [-0.05, 0) is 12.1 Å². The minimum absolute atomic E-state index is 0.0179. The summed E-state index contributed by atoms with van der Waals surface area (Å²) in [6.07, 6.45) is 4.61. The van der Waals surface area contributed by atoms with Gasteiger partial charge in [-0.15, -0.1) is 16.4 Å². The third kappa shape index (κ3) is 3.55. The van der Waals surface area contributed by atoms with Gasteiger partial charge in [0.05, 0.1) is 11.9 Å². The van der Waals surface area contributed by atoms with Crippen LogP contribution in [0.5, 0.6) is 0 Å². The number of nitrogens with zero attached hydrogens (tertiary/aromatic N) is 5. The number of carboxylic acid groups (broad SMARTS) is 1. The average Bonchev–Trinajstić information content (AvgIpc) is 3.17. The number of thiazole rings is 1. The van der Waals surface area contributed by atoms with Crippen molar-refractivity contribution >= 4 is 28.3 Å². The van der Waals surface area contributed by atoms with Crippen molar-refractivity contribution in [1.82, 2.24) is 25.0 Å². The van der Waals surface area contributed by atoms with Crippen molar-refractivity contribution in [2.75, 3.05) is 5.32 Å². The number of anilines is 1. The zero-order valence-corrected chi connectivity index (χ0v) is 12.4. The molecule has 0 spiro atoms. The summed E-state index contributed by atoms with van der Waals surface area (Å²) in [5.41, 5.74) is 1.56. The van der Waals surface area contributed by atoms with Crippen LogP contribution in [0.4, 0.5) is 5.13 Å². The predicted molar refractivity (Wildman–Crippen MR) is 81.0 cm³/mol. The number of carbonyl (C=O) groups is 2. The Bertz CT molecular complexity index is 844. The molecule has 116 valence electrons. The lowest BCUT2D eigenvalue weighted by atomic mass is 10.2. The summed E-state index contributed by atoms with van der Waals surface area (Å²) in [5, 5.41) is 20.7. The summed E-state index contributed by atoms with van der Waals surface area (Å²) in [5.74, 6) is -1.57. The maximum absolute atomic E-state index is 12.0. The van der Waals surface area contributed by atoms with E-state index in [2.05, 4.69) is 25.6 Å². The van der Waals surface area contributed by atoms with Gasteiger partial charge in [-0.25, -0.2) is 9.67 Å². The van der Waals surface area contributed by atoms with Crippen LogP contribution >= 0.6 is 11.3 Å². The summed E-state index contributed by atoms with van der Waals surface area (Å²) >= 11 is 1.26. The molecule has 3 heterocycles. The van der Waals surface area contributed by atoms with Gasteiger partial charge in [0.2, 0.25) is 0 Å². The molecule has 1 amide bonds. The predicted octanol–water partition coefficient (Wildman–Crippen LogP) is 1.13. The van der Waals surface area contributed by atoms with E-state index in [1.807, 2.05) is 6.07 Å². The fourth-order valence-electron chi connectivity index (χ4n) is 1.76. The molecule has 0 saturated heterocycles. The first-order valence-electron chi connectivity index (χ1n) is 6.41. The van der Waals surface area contributed by atoms with Crippen molar-refractivity contribution in [3.63, 3.8) is 0 Å². The Hall–Kier alpha value is -3.14. The van der Waals surface area contributed by atoms with Crippen molar-refractivity contribution < 1.29 is 14.7 Å². The first-order valence-corrected chi connectivity index (χ1v) is 7.29. The van der Waals surface area contributed by atoms with Crippen molar-refractivity contribution in [2.45, 2.75) is 6.54 Å². The normalized spacial score (nSPS) is 10.4. The van der Waals surface area contributed by atoms with Gasteiger partial charge >= 0.3 is 5.97 Å². The number of hydrogen-bond acceptors (Lipinski definition) is 7. The molecule has 3 rings (SSSR count). The van der Waals surface area contributed by atoms with Crippen LogP contribution in [0, 0.1) is 0 Å². The molecule has 0 aromatic carbocycles. The molecule has 0 radical (unpaired) electrons. The fraction of sp³-hybridized carbons (Fsp3) is 0.0769. The van der Waals surface area contributed by atoms with Crippen LogP contribution in [0.1, 0.15) is 10.5 Å². The highest BCUT2D eigenvalue weighted by Crippen LogP contribution is 2.24. The molecule has 0 aliphatic rings. The summed E-state index contributed by atoms with van der Waals surface area (Å²) in [4.78, 5) is 30.9. The topological polar surface area (TPSA) is 123 Å². The summed E-state index contributed by atoms with van der Waals surface area (Å²) < 4.78 is 1.07. The lowest BCUT2D eigenvalue weighted by Crippen LogP contribution is -2.12.